The lowest BCUT2D eigenvalue weighted by Gasteiger charge is -2.18. The van der Waals surface area contributed by atoms with Gasteiger partial charge in [0.2, 0.25) is 0 Å². The van der Waals surface area contributed by atoms with E-state index in [1.165, 1.54) is 0 Å². The molecule has 7 heteroatoms. The highest BCUT2D eigenvalue weighted by atomic mass is 127. The van der Waals surface area contributed by atoms with Crippen LogP contribution in [-0.2, 0) is 4.79 Å². The van der Waals surface area contributed by atoms with Crippen LogP contribution in [0.15, 0.2) is 18.2 Å². The first-order chi connectivity index (χ1) is 8.81. The second-order valence-corrected chi connectivity index (χ2v) is 5.94. The van der Waals surface area contributed by atoms with E-state index in [4.69, 9.17) is 16.7 Å². The number of carbonyl (C=O) groups is 2. The third kappa shape index (κ3) is 4.87. The molecule has 0 aliphatic heterocycles. The molecular formula is C12H14ClIN2O3. The summed E-state index contributed by atoms with van der Waals surface area (Å²) in [5.41, 5.74) is 0.437. The van der Waals surface area contributed by atoms with Crippen molar-refractivity contribution in [2.24, 2.45) is 5.92 Å². The van der Waals surface area contributed by atoms with Crippen molar-refractivity contribution in [3.63, 3.8) is 0 Å². The minimum Gasteiger partial charge on any atom is -0.480 e. The Morgan fingerprint density at radius 3 is 2.47 bits per heavy atom. The van der Waals surface area contributed by atoms with Crippen LogP contribution in [0.5, 0.6) is 0 Å². The Balaban J connectivity index is 2.72. The topological polar surface area (TPSA) is 78.4 Å². The summed E-state index contributed by atoms with van der Waals surface area (Å²) in [5, 5.41) is 14.3. The summed E-state index contributed by atoms with van der Waals surface area (Å²) in [6.45, 7) is 3.44. The molecule has 0 radical (unpaired) electrons. The number of aliphatic carboxylic acids is 1. The largest absolute Gasteiger partial charge is 0.480 e. The third-order valence-corrected chi connectivity index (χ3v) is 3.38. The number of rotatable bonds is 4. The molecule has 0 aliphatic carbocycles. The molecule has 3 N–H and O–H groups in total. The zero-order valence-electron chi connectivity index (χ0n) is 10.4. The zero-order valence-corrected chi connectivity index (χ0v) is 13.3. The van der Waals surface area contributed by atoms with Crippen molar-refractivity contribution in [2.75, 3.05) is 5.32 Å². The van der Waals surface area contributed by atoms with E-state index in [1.807, 2.05) is 0 Å². The van der Waals surface area contributed by atoms with Gasteiger partial charge >= 0.3 is 12.0 Å². The minimum absolute atomic E-state index is 0.213. The number of hydrogen-bond donors (Lipinski definition) is 3. The molecule has 5 nitrogen and oxygen atoms in total. The third-order valence-electron chi connectivity index (χ3n) is 2.40. The predicted octanol–water partition coefficient (Wildman–Crippen LogP) is 3.18. The van der Waals surface area contributed by atoms with Crippen LogP contribution in [0.1, 0.15) is 13.8 Å². The molecule has 0 fully saturated rings. The van der Waals surface area contributed by atoms with Crippen LogP contribution in [0.3, 0.4) is 0 Å². The molecule has 1 aromatic rings. The lowest BCUT2D eigenvalue weighted by molar-refractivity contribution is -0.140. The molecule has 2 amide bonds. The summed E-state index contributed by atoms with van der Waals surface area (Å²) in [7, 11) is 0. The number of carboxylic acid groups (broad SMARTS) is 1. The normalized spacial score (nSPS) is 12.1. The highest BCUT2D eigenvalue weighted by Crippen LogP contribution is 2.23. The first kappa shape index (κ1) is 16.0. The van der Waals surface area contributed by atoms with Crippen molar-refractivity contribution in [3.05, 3.63) is 26.8 Å². The Labute approximate surface area is 129 Å². The molecular weight excluding hydrogens is 383 g/mol. The van der Waals surface area contributed by atoms with E-state index in [9.17, 15) is 9.59 Å². The van der Waals surface area contributed by atoms with Gasteiger partial charge in [-0.15, -0.1) is 0 Å². The molecule has 0 aliphatic rings. The number of carboxylic acids is 1. The van der Waals surface area contributed by atoms with Gasteiger partial charge in [0.15, 0.2) is 0 Å². The van der Waals surface area contributed by atoms with E-state index in [-0.39, 0.29) is 5.92 Å². The summed E-state index contributed by atoms with van der Waals surface area (Å²) >= 11 is 8.07. The quantitative estimate of drug-likeness (QED) is 0.684. The predicted molar refractivity (Wildman–Crippen MR) is 82.6 cm³/mol. The number of amides is 2. The molecule has 0 aromatic heterocycles. The smallest absolute Gasteiger partial charge is 0.326 e. The Morgan fingerprint density at radius 1 is 1.37 bits per heavy atom. The van der Waals surface area contributed by atoms with Gasteiger partial charge < -0.3 is 15.7 Å². The molecule has 0 bridgehead atoms. The lowest BCUT2D eigenvalue weighted by Crippen LogP contribution is -2.46. The van der Waals surface area contributed by atoms with Gasteiger partial charge in [0, 0.05) is 3.57 Å². The van der Waals surface area contributed by atoms with Crippen LogP contribution in [0.2, 0.25) is 5.02 Å². The average Bonchev–Trinajstić information content (AvgIpc) is 2.29. The van der Waals surface area contributed by atoms with Crippen molar-refractivity contribution >= 4 is 51.9 Å². The maximum atomic E-state index is 11.7. The molecule has 104 valence electrons. The number of benzene rings is 1. The van der Waals surface area contributed by atoms with Crippen LogP contribution < -0.4 is 10.6 Å². The lowest BCUT2D eigenvalue weighted by atomic mass is 10.1. The number of nitrogens with one attached hydrogen (secondary N) is 2. The van der Waals surface area contributed by atoms with Crippen LogP contribution in [0.4, 0.5) is 10.5 Å². The van der Waals surface area contributed by atoms with Gasteiger partial charge in [-0.05, 0) is 46.7 Å². The Bertz CT molecular complexity index is 494. The fraction of sp³-hybridized carbons (Fsp3) is 0.333. The molecule has 1 rings (SSSR count). The maximum absolute atomic E-state index is 11.7. The number of urea groups is 1. The van der Waals surface area contributed by atoms with Crippen molar-refractivity contribution in [1.29, 1.82) is 0 Å². The van der Waals surface area contributed by atoms with Gasteiger partial charge in [-0.25, -0.2) is 9.59 Å². The second-order valence-electron chi connectivity index (χ2n) is 4.28. The fourth-order valence-corrected chi connectivity index (χ4v) is 2.31. The standard InChI is InChI=1S/C12H14ClIN2O3/c1-6(2)10(11(17)18)16-12(19)15-9-4-3-7(14)5-8(9)13/h3-6,10H,1-2H3,(H,17,18)(H2,15,16,19). The van der Waals surface area contributed by atoms with Crippen molar-refractivity contribution in [3.8, 4) is 0 Å². The highest BCUT2D eigenvalue weighted by molar-refractivity contribution is 14.1. The average molecular weight is 397 g/mol. The Kier molecular flexibility index (Phi) is 5.86. The molecule has 1 atom stereocenters. The van der Waals surface area contributed by atoms with E-state index in [0.717, 1.165) is 3.57 Å². The van der Waals surface area contributed by atoms with Crippen molar-refractivity contribution in [2.45, 2.75) is 19.9 Å². The van der Waals surface area contributed by atoms with E-state index >= 15 is 0 Å². The number of halogens is 2. The van der Waals surface area contributed by atoms with E-state index < -0.39 is 18.0 Å². The van der Waals surface area contributed by atoms with Crippen LogP contribution in [0, 0.1) is 9.49 Å². The monoisotopic (exact) mass is 396 g/mol. The van der Waals surface area contributed by atoms with E-state index in [2.05, 4.69) is 33.2 Å². The molecule has 0 heterocycles. The number of hydrogen-bond acceptors (Lipinski definition) is 2. The number of carbonyl (C=O) groups excluding carboxylic acids is 1. The first-order valence-corrected chi connectivity index (χ1v) is 7.02. The molecule has 0 saturated carbocycles. The second kappa shape index (κ2) is 6.95. The summed E-state index contributed by atoms with van der Waals surface area (Å²) in [6, 6.07) is 3.62. The first-order valence-electron chi connectivity index (χ1n) is 5.56. The van der Waals surface area contributed by atoms with Gasteiger partial charge in [-0.2, -0.15) is 0 Å². The fourth-order valence-electron chi connectivity index (χ4n) is 1.40. The molecule has 1 aromatic carbocycles. The molecule has 0 spiro atoms. The SMILES string of the molecule is CC(C)C(NC(=O)Nc1ccc(I)cc1Cl)C(=O)O. The van der Waals surface area contributed by atoms with Gasteiger partial charge in [0.25, 0.3) is 0 Å². The number of anilines is 1. The summed E-state index contributed by atoms with van der Waals surface area (Å²) in [4.78, 5) is 22.7. The van der Waals surface area contributed by atoms with Gasteiger partial charge in [-0.1, -0.05) is 25.4 Å². The maximum Gasteiger partial charge on any atom is 0.326 e. The van der Waals surface area contributed by atoms with E-state index in [1.54, 1.807) is 32.0 Å². The molecule has 1 unspecified atom stereocenters. The van der Waals surface area contributed by atoms with Crippen LogP contribution >= 0.6 is 34.2 Å². The van der Waals surface area contributed by atoms with Crippen molar-refractivity contribution in [1.82, 2.24) is 5.32 Å². The van der Waals surface area contributed by atoms with Gasteiger partial charge in [0.1, 0.15) is 6.04 Å². The van der Waals surface area contributed by atoms with E-state index in [0.29, 0.717) is 10.7 Å². The summed E-state index contributed by atoms with van der Waals surface area (Å²) in [5.74, 6) is -1.28. The Morgan fingerprint density at radius 2 is 2.00 bits per heavy atom. The molecule has 19 heavy (non-hydrogen) atoms. The van der Waals surface area contributed by atoms with Crippen LogP contribution in [-0.4, -0.2) is 23.1 Å². The minimum atomic E-state index is -1.07. The highest BCUT2D eigenvalue weighted by Gasteiger charge is 2.23. The Hall–Kier alpha value is -1.02. The summed E-state index contributed by atoms with van der Waals surface area (Å²) < 4.78 is 0.944. The summed E-state index contributed by atoms with van der Waals surface area (Å²) in [6.07, 6.45) is 0. The zero-order chi connectivity index (χ0) is 14.6. The molecule has 0 saturated heterocycles. The van der Waals surface area contributed by atoms with Crippen LogP contribution in [0.25, 0.3) is 0 Å². The van der Waals surface area contributed by atoms with Crippen molar-refractivity contribution < 1.29 is 14.7 Å². The van der Waals surface area contributed by atoms with Gasteiger partial charge in [-0.3, -0.25) is 0 Å². The van der Waals surface area contributed by atoms with Gasteiger partial charge in [0.05, 0.1) is 10.7 Å².